The Kier molecular flexibility index (Phi) is 1.58. The second kappa shape index (κ2) is 2.10. The van der Waals surface area contributed by atoms with E-state index in [0.717, 1.165) is 19.1 Å². The first kappa shape index (κ1) is 6.75. The van der Waals surface area contributed by atoms with Gasteiger partial charge < -0.3 is 9.53 Å². The van der Waals surface area contributed by atoms with Crippen molar-refractivity contribution in [1.29, 1.82) is 0 Å². The normalized spacial score (nSPS) is 41.8. The van der Waals surface area contributed by atoms with Crippen LogP contribution in [0.3, 0.4) is 0 Å². The molecule has 0 spiro atoms. The first-order valence-electron chi connectivity index (χ1n) is 3.26. The molecule has 0 aromatic carbocycles. The lowest BCUT2D eigenvalue weighted by atomic mass is 9.71. The van der Waals surface area contributed by atoms with Gasteiger partial charge in [0.25, 0.3) is 0 Å². The monoisotopic (exact) mass is 128 g/mol. The molecule has 1 rings (SSSR count). The van der Waals surface area contributed by atoms with Gasteiger partial charge in [-0.1, -0.05) is 6.92 Å². The van der Waals surface area contributed by atoms with Gasteiger partial charge in [0, 0.05) is 7.11 Å². The number of hydrogen-bond donors (Lipinski definition) is 0. The molecule has 1 aliphatic carbocycles. The van der Waals surface area contributed by atoms with Crippen LogP contribution in [0.15, 0.2) is 0 Å². The van der Waals surface area contributed by atoms with Crippen molar-refractivity contribution < 1.29 is 9.53 Å². The maximum absolute atomic E-state index is 10.4. The zero-order chi connectivity index (χ0) is 6.91. The molecule has 1 aliphatic rings. The summed E-state index contributed by atoms with van der Waals surface area (Å²) in [7, 11) is 1.60. The Morgan fingerprint density at radius 2 is 2.44 bits per heavy atom. The molecule has 2 heteroatoms. The fourth-order valence-electron chi connectivity index (χ4n) is 1.24. The largest absolute Gasteiger partial charge is 0.370 e. The van der Waals surface area contributed by atoms with Crippen LogP contribution in [0.5, 0.6) is 0 Å². The van der Waals surface area contributed by atoms with Gasteiger partial charge in [0.05, 0.1) is 0 Å². The van der Waals surface area contributed by atoms with E-state index in [-0.39, 0.29) is 0 Å². The van der Waals surface area contributed by atoms with Crippen LogP contribution >= 0.6 is 0 Å². The van der Waals surface area contributed by atoms with Gasteiger partial charge in [-0.3, -0.25) is 0 Å². The van der Waals surface area contributed by atoms with Gasteiger partial charge in [0.1, 0.15) is 5.60 Å². The van der Waals surface area contributed by atoms with Gasteiger partial charge in [0.15, 0.2) is 6.29 Å². The van der Waals surface area contributed by atoms with E-state index >= 15 is 0 Å². The molecule has 0 aromatic rings. The highest BCUT2D eigenvalue weighted by Crippen LogP contribution is 2.38. The SMILES string of the molecule is COC1(C=O)CCC1C. The lowest BCUT2D eigenvalue weighted by Crippen LogP contribution is -2.48. The summed E-state index contributed by atoms with van der Waals surface area (Å²) in [5.74, 6) is 0.417. The quantitative estimate of drug-likeness (QED) is 0.518. The van der Waals surface area contributed by atoms with Crippen molar-refractivity contribution in [2.75, 3.05) is 7.11 Å². The first-order chi connectivity index (χ1) is 4.25. The van der Waals surface area contributed by atoms with Gasteiger partial charge in [-0.2, -0.15) is 0 Å². The Hall–Kier alpha value is -0.370. The zero-order valence-electron chi connectivity index (χ0n) is 5.89. The molecule has 2 atom stereocenters. The zero-order valence-corrected chi connectivity index (χ0v) is 5.89. The van der Waals surface area contributed by atoms with Crippen molar-refractivity contribution in [3.63, 3.8) is 0 Å². The molecule has 0 bridgehead atoms. The van der Waals surface area contributed by atoms with E-state index in [1.807, 2.05) is 6.92 Å². The van der Waals surface area contributed by atoms with Crippen LogP contribution in [0.4, 0.5) is 0 Å². The fraction of sp³-hybridized carbons (Fsp3) is 0.857. The summed E-state index contributed by atoms with van der Waals surface area (Å²) < 4.78 is 5.07. The fourth-order valence-corrected chi connectivity index (χ4v) is 1.24. The molecule has 0 aromatic heterocycles. The van der Waals surface area contributed by atoms with Gasteiger partial charge in [0.2, 0.25) is 0 Å². The number of hydrogen-bond acceptors (Lipinski definition) is 2. The van der Waals surface area contributed by atoms with Crippen LogP contribution in [0.2, 0.25) is 0 Å². The Morgan fingerprint density at radius 1 is 1.78 bits per heavy atom. The van der Waals surface area contributed by atoms with E-state index in [4.69, 9.17) is 4.74 Å². The number of ether oxygens (including phenoxy) is 1. The number of methoxy groups -OCH3 is 1. The molecular formula is C7H12O2. The average Bonchev–Trinajstić information content (AvgIpc) is 1.89. The Labute approximate surface area is 55.2 Å². The van der Waals surface area contributed by atoms with E-state index in [9.17, 15) is 4.79 Å². The maximum atomic E-state index is 10.4. The molecule has 0 radical (unpaired) electrons. The highest BCUT2D eigenvalue weighted by atomic mass is 16.5. The van der Waals surface area contributed by atoms with Crippen molar-refractivity contribution in [3.8, 4) is 0 Å². The summed E-state index contributed by atoms with van der Waals surface area (Å²) in [6, 6.07) is 0. The first-order valence-corrected chi connectivity index (χ1v) is 3.26. The van der Waals surface area contributed by atoms with Crippen LogP contribution in [0.1, 0.15) is 19.8 Å². The average molecular weight is 128 g/mol. The van der Waals surface area contributed by atoms with E-state index < -0.39 is 5.60 Å². The topological polar surface area (TPSA) is 26.3 Å². The highest BCUT2D eigenvalue weighted by Gasteiger charge is 2.44. The number of carbonyl (C=O) groups is 1. The molecule has 1 saturated carbocycles. The molecule has 2 nitrogen and oxygen atoms in total. The minimum Gasteiger partial charge on any atom is -0.370 e. The summed E-state index contributed by atoms with van der Waals surface area (Å²) in [5, 5.41) is 0. The molecule has 0 amide bonds. The molecule has 52 valence electrons. The number of aldehydes is 1. The van der Waals surface area contributed by atoms with Crippen LogP contribution in [-0.4, -0.2) is 19.0 Å². The molecule has 2 unspecified atom stereocenters. The second-order valence-electron chi connectivity index (χ2n) is 2.72. The Morgan fingerprint density at radius 3 is 2.44 bits per heavy atom. The molecule has 0 saturated heterocycles. The summed E-state index contributed by atoms with van der Waals surface area (Å²) in [6.07, 6.45) is 2.95. The van der Waals surface area contributed by atoms with Crippen molar-refractivity contribution in [1.82, 2.24) is 0 Å². The third-order valence-electron chi connectivity index (χ3n) is 2.38. The summed E-state index contributed by atoms with van der Waals surface area (Å²) in [6.45, 7) is 2.04. The lowest BCUT2D eigenvalue weighted by Gasteiger charge is -2.42. The van der Waals surface area contributed by atoms with Crippen LogP contribution in [-0.2, 0) is 9.53 Å². The van der Waals surface area contributed by atoms with Crippen molar-refractivity contribution >= 4 is 6.29 Å². The Balaban J connectivity index is 2.58. The maximum Gasteiger partial charge on any atom is 0.152 e. The molecule has 0 N–H and O–H groups in total. The number of carbonyl (C=O) groups excluding carboxylic acids is 1. The van der Waals surface area contributed by atoms with Gasteiger partial charge in [-0.05, 0) is 18.8 Å². The lowest BCUT2D eigenvalue weighted by molar-refractivity contribution is -0.150. The standard InChI is InChI=1S/C7H12O2/c1-6-3-4-7(6,5-8)9-2/h5-6H,3-4H2,1-2H3. The molecule has 0 heterocycles. The van der Waals surface area contributed by atoms with Gasteiger partial charge in [-0.15, -0.1) is 0 Å². The minimum absolute atomic E-state index is 0.417. The predicted molar refractivity (Wildman–Crippen MR) is 34.2 cm³/mol. The third kappa shape index (κ3) is 0.778. The smallest absolute Gasteiger partial charge is 0.152 e. The van der Waals surface area contributed by atoms with E-state index in [0.29, 0.717) is 5.92 Å². The van der Waals surface area contributed by atoms with Gasteiger partial charge >= 0.3 is 0 Å². The highest BCUT2D eigenvalue weighted by molar-refractivity contribution is 5.64. The van der Waals surface area contributed by atoms with Gasteiger partial charge in [-0.25, -0.2) is 0 Å². The van der Waals surface area contributed by atoms with E-state index in [1.54, 1.807) is 7.11 Å². The van der Waals surface area contributed by atoms with Crippen molar-refractivity contribution in [3.05, 3.63) is 0 Å². The number of rotatable bonds is 2. The van der Waals surface area contributed by atoms with Crippen LogP contribution < -0.4 is 0 Å². The second-order valence-corrected chi connectivity index (χ2v) is 2.72. The predicted octanol–water partition coefficient (Wildman–Crippen LogP) is 1.00. The molecular weight excluding hydrogens is 116 g/mol. The molecule has 9 heavy (non-hydrogen) atoms. The molecule has 0 aliphatic heterocycles. The Bertz CT molecular complexity index is 118. The molecule has 1 fully saturated rings. The van der Waals surface area contributed by atoms with Crippen molar-refractivity contribution in [2.45, 2.75) is 25.4 Å². The summed E-state index contributed by atoms with van der Waals surface area (Å²) in [5.41, 5.74) is -0.417. The van der Waals surface area contributed by atoms with E-state index in [2.05, 4.69) is 0 Å². The summed E-state index contributed by atoms with van der Waals surface area (Å²) >= 11 is 0. The third-order valence-corrected chi connectivity index (χ3v) is 2.38. The van der Waals surface area contributed by atoms with E-state index in [1.165, 1.54) is 0 Å². The van der Waals surface area contributed by atoms with Crippen LogP contribution in [0, 0.1) is 5.92 Å². The summed E-state index contributed by atoms with van der Waals surface area (Å²) in [4.78, 5) is 10.4. The minimum atomic E-state index is -0.417. The van der Waals surface area contributed by atoms with Crippen molar-refractivity contribution in [2.24, 2.45) is 5.92 Å². The van der Waals surface area contributed by atoms with Crippen LogP contribution in [0.25, 0.3) is 0 Å².